The summed E-state index contributed by atoms with van der Waals surface area (Å²) in [6.45, 7) is 2.68. The fourth-order valence-electron chi connectivity index (χ4n) is 1.22. The van der Waals surface area contributed by atoms with Crippen LogP contribution in [0.4, 0.5) is 0 Å². The topological polar surface area (TPSA) is 72.2 Å². The van der Waals surface area contributed by atoms with Gasteiger partial charge in [0.25, 0.3) is 0 Å². The van der Waals surface area contributed by atoms with Crippen LogP contribution in [0, 0.1) is 0 Å². The Balaban J connectivity index is 2.57. The molecule has 1 atom stereocenters. The van der Waals surface area contributed by atoms with Crippen LogP contribution in [-0.4, -0.2) is 35.3 Å². The number of hydrogen-bond acceptors (Lipinski definition) is 4. The Morgan fingerprint density at radius 1 is 1.60 bits per heavy atom. The zero-order valence-electron chi connectivity index (χ0n) is 8.92. The van der Waals surface area contributed by atoms with Crippen molar-refractivity contribution >= 4 is 9.84 Å². The lowest BCUT2D eigenvalue weighted by Crippen LogP contribution is -2.08. The van der Waals surface area contributed by atoms with Crippen molar-refractivity contribution in [3.8, 4) is 0 Å². The summed E-state index contributed by atoms with van der Waals surface area (Å²) in [5.41, 5.74) is 0.667. The summed E-state index contributed by atoms with van der Waals surface area (Å²) in [5.74, 6) is -0.00846. The van der Waals surface area contributed by atoms with Gasteiger partial charge in [0.1, 0.15) is 9.84 Å². The number of aromatic nitrogens is 2. The van der Waals surface area contributed by atoms with Crippen LogP contribution in [-0.2, 0) is 16.4 Å². The van der Waals surface area contributed by atoms with Gasteiger partial charge in [-0.15, -0.1) is 0 Å². The molecule has 0 amide bonds. The zero-order valence-corrected chi connectivity index (χ0v) is 9.74. The minimum atomic E-state index is -3.01. The second kappa shape index (κ2) is 4.76. The Bertz CT molecular complexity index is 411. The summed E-state index contributed by atoms with van der Waals surface area (Å²) >= 11 is 0. The Hall–Kier alpha value is -0.880. The maximum atomic E-state index is 10.9. The predicted molar refractivity (Wildman–Crippen MR) is 57.2 cm³/mol. The van der Waals surface area contributed by atoms with E-state index in [-0.39, 0.29) is 12.2 Å². The van der Waals surface area contributed by atoms with E-state index >= 15 is 0 Å². The third-order valence-corrected chi connectivity index (χ3v) is 3.10. The largest absolute Gasteiger partial charge is 0.388 e. The average molecular weight is 232 g/mol. The van der Waals surface area contributed by atoms with Crippen molar-refractivity contribution in [3.05, 3.63) is 18.0 Å². The van der Waals surface area contributed by atoms with Gasteiger partial charge in [-0.1, -0.05) is 0 Å². The smallest absolute Gasteiger partial charge is 0.147 e. The number of aliphatic hydroxyl groups excluding tert-OH is 1. The van der Waals surface area contributed by atoms with Crippen molar-refractivity contribution in [3.63, 3.8) is 0 Å². The van der Waals surface area contributed by atoms with Crippen molar-refractivity contribution in [1.82, 2.24) is 9.78 Å². The molecule has 0 radical (unpaired) electrons. The first-order valence-corrected chi connectivity index (χ1v) is 6.86. The van der Waals surface area contributed by atoms with E-state index in [1.54, 1.807) is 17.1 Å². The predicted octanol–water partition coefficient (Wildman–Crippen LogP) is 0.371. The second-order valence-corrected chi connectivity index (χ2v) is 5.82. The molecule has 0 aliphatic carbocycles. The highest BCUT2D eigenvalue weighted by atomic mass is 32.2. The van der Waals surface area contributed by atoms with Crippen molar-refractivity contribution in [1.29, 1.82) is 0 Å². The molecule has 0 bridgehead atoms. The third-order valence-electron chi connectivity index (χ3n) is 2.12. The molecule has 1 aromatic rings. The molecule has 0 aliphatic rings. The lowest BCUT2D eigenvalue weighted by molar-refractivity contribution is 0.174. The SMILES string of the molecule is CCn1cc(C(O)CCS(C)(=O)=O)cn1. The van der Waals surface area contributed by atoms with E-state index in [4.69, 9.17) is 0 Å². The minimum Gasteiger partial charge on any atom is -0.388 e. The van der Waals surface area contributed by atoms with Gasteiger partial charge in [-0.25, -0.2) is 8.42 Å². The standard InChI is InChI=1S/C9H16N2O3S/c1-3-11-7-8(6-10-11)9(12)4-5-15(2,13)14/h6-7,9,12H,3-5H2,1-2H3. The Morgan fingerprint density at radius 2 is 2.27 bits per heavy atom. The summed E-state index contributed by atoms with van der Waals surface area (Å²) in [6, 6.07) is 0. The molecule has 0 aromatic carbocycles. The number of rotatable bonds is 5. The number of aliphatic hydroxyl groups is 1. The van der Waals surface area contributed by atoms with Crippen molar-refractivity contribution in [2.24, 2.45) is 0 Å². The fraction of sp³-hybridized carbons (Fsp3) is 0.667. The van der Waals surface area contributed by atoms with E-state index in [2.05, 4.69) is 5.10 Å². The molecule has 0 saturated carbocycles. The van der Waals surface area contributed by atoms with Crippen LogP contribution in [0.3, 0.4) is 0 Å². The molecule has 1 aromatic heterocycles. The van der Waals surface area contributed by atoms with Crippen LogP contribution in [0.15, 0.2) is 12.4 Å². The molecule has 15 heavy (non-hydrogen) atoms. The molecule has 1 N–H and O–H groups in total. The molecule has 0 saturated heterocycles. The third kappa shape index (κ3) is 4.01. The van der Waals surface area contributed by atoms with Gasteiger partial charge in [-0.3, -0.25) is 4.68 Å². The molecule has 0 spiro atoms. The zero-order chi connectivity index (χ0) is 11.5. The van der Waals surface area contributed by atoms with Crippen molar-refractivity contribution in [2.75, 3.05) is 12.0 Å². The summed E-state index contributed by atoms with van der Waals surface area (Å²) in [6.07, 6.45) is 3.92. The van der Waals surface area contributed by atoms with E-state index < -0.39 is 15.9 Å². The highest BCUT2D eigenvalue weighted by Crippen LogP contribution is 2.16. The molecule has 0 aliphatic heterocycles. The lowest BCUT2D eigenvalue weighted by Gasteiger charge is -2.06. The normalized spacial score (nSPS) is 14.1. The average Bonchev–Trinajstić information content (AvgIpc) is 2.61. The molecule has 6 heteroatoms. The van der Waals surface area contributed by atoms with Crippen LogP contribution in [0.2, 0.25) is 0 Å². The van der Waals surface area contributed by atoms with E-state index in [0.29, 0.717) is 5.56 Å². The van der Waals surface area contributed by atoms with Crippen LogP contribution in [0.5, 0.6) is 0 Å². The van der Waals surface area contributed by atoms with Crippen LogP contribution < -0.4 is 0 Å². The van der Waals surface area contributed by atoms with Gasteiger partial charge < -0.3 is 5.11 Å². The summed E-state index contributed by atoms with van der Waals surface area (Å²) in [7, 11) is -3.01. The number of nitrogens with zero attached hydrogens (tertiary/aromatic N) is 2. The first-order chi connectivity index (χ1) is 6.92. The Morgan fingerprint density at radius 3 is 2.73 bits per heavy atom. The quantitative estimate of drug-likeness (QED) is 0.796. The van der Waals surface area contributed by atoms with E-state index in [0.717, 1.165) is 12.8 Å². The van der Waals surface area contributed by atoms with Gasteiger partial charge in [-0.2, -0.15) is 5.10 Å². The summed E-state index contributed by atoms with van der Waals surface area (Å²) in [5, 5.41) is 13.7. The first kappa shape index (κ1) is 12.2. The number of sulfone groups is 1. The van der Waals surface area contributed by atoms with Crippen LogP contribution >= 0.6 is 0 Å². The highest BCUT2D eigenvalue weighted by molar-refractivity contribution is 7.90. The minimum absolute atomic E-state index is 0.00846. The van der Waals surface area contributed by atoms with Gasteiger partial charge in [0.05, 0.1) is 18.1 Å². The summed E-state index contributed by atoms with van der Waals surface area (Å²) in [4.78, 5) is 0. The van der Waals surface area contributed by atoms with Gasteiger partial charge >= 0.3 is 0 Å². The van der Waals surface area contributed by atoms with E-state index in [1.807, 2.05) is 6.92 Å². The number of hydrogen-bond donors (Lipinski definition) is 1. The van der Waals surface area contributed by atoms with Crippen LogP contribution in [0.25, 0.3) is 0 Å². The molecule has 1 heterocycles. The summed E-state index contributed by atoms with van der Waals surface area (Å²) < 4.78 is 23.5. The molecule has 5 nitrogen and oxygen atoms in total. The molecular formula is C9H16N2O3S. The second-order valence-electron chi connectivity index (χ2n) is 3.56. The van der Waals surface area contributed by atoms with Crippen LogP contribution in [0.1, 0.15) is 25.0 Å². The van der Waals surface area contributed by atoms with Gasteiger partial charge in [0, 0.05) is 24.6 Å². The monoisotopic (exact) mass is 232 g/mol. The van der Waals surface area contributed by atoms with Gasteiger partial charge in [-0.05, 0) is 13.3 Å². The maximum Gasteiger partial charge on any atom is 0.147 e. The Kier molecular flexibility index (Phi) is 3.87. The first-order valence-electron chi connectivity index (χ1n) is 4.80. The van der Waals surface area contributed by atoms with E-state index in [1.165, 1.54) is 0 Å². The molecule has 1 rings (SSSR count). The molecule has 1 unspecified atom stereocenters. The molecular weight excluding hydrogens is 216 g/mol. The lowest BCUT2D eigenvalue weighted by atomic mass is 10.2. The highest BCUT2D eigenvalue weighted by Gasteiger charge is 2.12. The Labute approximate surface area is 89.6 Å². The molecule has 0 fully saturated rings. The van der Waals surface area contributed by atoms with Crippen molar-refractivity contribution in [2.45, 2.75) is 26.0 Å². The molecule has 86 valence electrons. The van der Waals surface area contributed by atoms with Gasteiger partial charge in [0.2, 0.25) is 0 Å². The van der Waals surface area contributed by atoms with Gasteiger partial charge in [0.15, 0.2) is 0 Å². The van der Waals surface area contributed by atoms with E-state index in [9.17, 15) is 13.5 Å². The number of aryl methyl sites for hydroxylation is 1. The maximum absolute atomic E-state index is 10.9. The fourth-order valence-corrected chi connectivity index (χ4v) is 1.87. The van der Waals surface area contributed by atoms with Crippen molar-refractivity contribution < 1.29 is 13.5 Å².